The molecule has 0 unspecified atom stereocenters. The normalized spacial score (nSPS) is 11.9. The van der Waals surface area contributed by atoms with Crippen LogP contribution in [0.1, 0.15) is 22.3 Å². The largest absolute Gasteiger partial charge is 0.456 e. The second-order valence-electron chi connectivity index (χ2n) is 19.3. The molecule has 0 aliphatic carbocycles. The standard InChI is InChI=1S/C66H46N2O3/c1-39-12-7-16-47(28-39)67(48-17-8-13-40(2)29-48)51-26-24-43-34-57-60(36-45(43)32-51)69-62-38-56(55-22-11-21-54-53-20-5-6-23-59(53)70-65(54)55)66-64(63(57)62)58-35-44-25-27-52(33-46(44)37-61(58)71-66)68(49-18-9-14-41(3)30-49)50-19-10-15-42(4)31-50/h5-38H,1-4H3. The first-order chi connectivity index (χ1) is 34.8. The molecule has 0 aliphatic rings. The summed E-state index contributed by atoms with van der Waals surface area (Å²) in [7, 11) is 0. The molecule has 0 bridgehead atoms. The highest BCUT2D eigenvalue weighted by Crippen LogP contribution is 2.49. The molecule has 3 aromatic heterocycles. The first-order valence-electron chi connectivity index (χ1n) is 24.3. The van der Waals surface area contributed by atoms with E-state index in [2.05, 4.69) is 232 Å². The molecule has 0 amide bonds. The monoisotopic (exact) mass is 914 g/mol. The zero-order valence-electron chi connectivity index (χ0n) is 39.7. The summed E-state index contributed by atoms with van der Waals surface area (Å²) >= 11 is 0. The topological polar surface area (TPSA) is 45.9 Å². The molecule has 0 N–H and O–H groups in total. The molecular weight excluding hydrogens is 869 g/mol. The second kappa shape index (κ2) is 15.7. The van der Waals surface area contributed by atoms with Crippen LogP contribution >= 0.6 is 0 Å². The smallest absolute Gasteiger partial charge is 0.144 e. The Kier molecular flexibility index (Phi) is 9.08. The first-order valence-corrected chi connectivity index (χ1v) is 24.3. The maximum absolute atomic E-state index is 7.22. The zero-order valence-corrected chi connectivity index (χ0v) is 39.7. The lowest BCUT2D eigenvalue weighted by atomic mass is 9.95. The fraction of sp³-hybridized carbons (Fsp3) is 0.0606. The summed E-state index contributed by atoms with van der Waals surface area (Å²) in [5.74, 6) is 0. The van der Waals surface area contributed by atoms with Gasteiger partial charge in [0.05, 0.1) is 0 Å². The third-order valence-corrected chi connectivity index (χ3v) is 14.3. The van der Waals surface area contributed by atoms with Gasteiger partial charge < -0.3 is 23.1 Å². The van der Waals surface area contributed by atoms with E-state index in [4.69, 9.17) is 13.3 Å². The molecule has 5 heteroatoms. The van der Waals surface area contributed by atoms with E-state index >= 15 is 0 Å². The van der Waals surface area contributed by atoms with Crippen molar-refractivity contribution in [3.05, 3.63) is 229 Å². The van der Waals surface area contributed by atoms with Crippen molar-refractivity contribution < 1.29 is 13.3 Å². The molecule has 0 saturated carbocycles. The number of aryl methyl sites for hydroxylation is 4. The Labute approximate surface area is 410 Å². The molecule has 14 rings (SSSR count). The number of fused-ring (bicyclic) bond motifs is 12. The van der Waals surface area contributed by atoms with Crippen LogP contribution in [-0.4, -0.2) is 0 Å². The average Bonchev–Trinajstić information content (AvgIpc) is 4.06. The van der Waals surface area contributed by atoms with Gasteiger partial charge in [0.25, 0.3) is 0 Å². The van der Waals surface area contributed by atoms with E-state index in [1.165, 1.54) is 22.3 Å². The Morgan fingerprint density at radius 3 is 1.28 bits per heavy atom. The quantitative estimate of drug-likeness (QED) is 0.159. The van der Waals surface area contributed by atoms with Gasteiger partial charge in [0, 0.05) is 77.6 Å². The molecule has 5 nitrogen and oxygen atoms in total. The molecule has 0 aliphatic heterocycles. The summed E-state index contributed by atoms with van der Waals surface area (Å²) in [6, 6.07) is 74.1. The number of furan rings is 3. The van der Waals surface area contributed by atoms with Crippen molar-refractivity contribution in [2.24, 2.45) is 0 Å². The maximum Gasteiger partial charge on any atom is 0.144 e. The van der Waals surface area contributed by atoms with Gasteiger partial charge in [0.1, 0.15) is 33.5 Å². The number of hydrogen-bond donors (Lipinski definition) is 0. The molecule has 3 heterocycles. The second-order valence-corrected chi connectivity index (χ2v) is 19.3. The average molecular weight is 915 g/mol. The fourth-order valence-corrected chi connectivity index (χ4v) is 11.1. The van der Waals surface area contributed by atoms with Crippen LogP contribution in [-0.2, 0) is 0 Å². The van der Waals surface area contributed by atoms with Crippen LogP contribution in [0.25, 0.3) is 98.5 Å². The van der Waals surface area contributed by atoms with Crippen LogP contribution in [0, 0.1) is 27.7 Å². The van der Waals surface area contributed by atoms with Gasteiger partial charge in [0.15, 0.2) is 0 Å². The number of nitrogens with zero attached hydrogens (tertiary/aromatic N) is 2. The number of anilines is 6. The van der Waals surface area contributed by atoms with Gasteiger partial charge >= 0.3 is 0 Å². The predicted octanol–water partition coefficient (Wildman–Crippen LogP) is 19.5. The van der Waals surface area contributed by atoms with Crippen LogP contribution in [0.3, 0.4) is 0 Å². The summed E-state index contributed by atoms with van der Waals surface area (Å²) in [6.07, 6.45) is 0. The van der Waals surface area contributed by atoms with Crippen LogP contribution in [0.5, 0.6) is 0 Å². The van der Waals surface area contributed by atoms with Crippen molar-refractivity contribution in [1.29, 1.82) is 0 Å². The first kappa shape index (κ1) is 41.0. The lowest BCUT2D eigenvalue weighted by Crippen LogP contribution is -2.10. The van der Waals surface area contributed by atoms with Crippen LogP contribution in [0.2, 0.25) is 0 Å². The van der Waals surface area contributed by atoms with Gasteiger partial charge in [-0.1, -0.05) is 97.1 Å². The Balaban J connectivity index is 1.01. The van der Waals surface area contributed by atoms with Crippen molar-refractivity contribution in [1.82, 2.24) is 0 Å². The molecule has 0 saturated heterocycles. The van der Waals surface area contributed by atoms with Gasteiger partial charge in [-0.2, -0.15) is 0 Å². The SMILES string of the molecule is Cc1cccc(N(c2cccc(C)c2)c2ccc3cc4c(cc3c2)oc2cc(-c3cccc5c3oc3ccccc35)c3oc5cc6cc(N(c7cccc(C)c7)c7cccc(C)c7)ccc6cc5c3c24)c1. The minimum atomic E-state index is 0.789. The molecule has 0 radical (unpaired) electrons. The zero-order chi connectivity index (χ0) is 47.5. The third kappa shape index (κ3) is 6.69. The number of benzene rings is 11. The molecule has 0 atom stereocenters. The van der Waals surface area contributed by atoms with Crippen molar-refractivity contribution >= 4 is 121 Å². The highest BCUT2D eigenvalue weighted by molar-refractivity contribution is 6.31. The summed E-state index contributed by atoms with van der Waals surface area (Å²) < 4.78 is 21.0. The Bertz CT molecular complexity index is 4400. The van der Waals surface area contributed by atoms with Crippen LogP contribution in [0.4, 0.5) is 34.1 Å². The summed E-state index contributed by atoms with van der Waals surface area (Å²) in [4.78, 5) is 4.68. The van der Waals surface area contributed by atoms with Crippen molar-refractivity contribution in [2.75, 3.05) is 9.80 Å². The summed E-state index contributed by atoms with van der Waals surface area (Å²) in [5, 5.41) is 10.7. The van der Waals surface area contributed by atoms with Crippen molar-refractivity contribution in [2.45, 2.75) is 27.7 Å². The van der Waals surface area contributed by atoms with E-state index in [9.17, 15) is 0 Å². The van der Waals surface area contributed by atoms with Gasteiger partial charge in [-0.15, -0.1) is 0 Å². The summed E-state index contributed by atoms with van der Waals surface area (Å²) in [6.45, 7) is 8.58. The van der Waals surface area contributed by atoms with E-state index in [0.717, 1.165) is 133 Å². The Morgan fingerprint density at radius 1 is 0.268 bits per heavy atom. The van der Waals surface area contributed by atoms with E-state index in [1.54, 1.807) is 0 Å². The molecule has 0 spiro atoms. The van der Waals surface area contributed by atoms with Gasteiger partial charge in [0.2, 0.25) is 0 Å². The highest BCUT2D eigenvalue weighted by atomic mass is 16.3. The van der Waals surface area contributed by atoms with E-state index in [1.807, 2.05) is 12.1 Å². The van der Waals surface area contributed by atoms with E-state index in [0.29, 0.717) is 0 Å². The van der Waals surface area contributed by atoms with Gasteiger partial charge in [-0.3, -0.25) is 0 Å². The highest BCUT2D eigenvalue weighted by Gasteiger charge is 2.25. The van der Waals surface area contributed by atoms with Crippen LogP contribution < -0.4 is 9.80 Å². The van der Waals surface area contributed by atoms with E-state index in [-0.39, 0.29) is 0 Å². The molecule has 338 valence electrons. The molecule has 11 aromatic carbocycles. The molecule has 71 heavy (non-hydrogen) atoms. The number of hydrogen-bond acceptors (Lipinski definition) is 5. The molecule has 14 aromatic rings. The summed E-state index contributed by atoms with van der Waals surface area (Å²) in [5.41, 5.74) is 18.1. The maximum atomic E-state index is 7.22. The predicted molar refractivity (Wildman–Crippen MR) is 297 cm³/mol. The van der Waals surface area contributed by atoms with Crippen LogP contribution in [0.15, 0.2) is 220 Å². The Hall–Kier alpha value is -9.06. The van der Waals surface area contributed by atoms with Gasteiger partial charge in [-0.05, 0) is 181 Å². The molecule has 0 fully saturated rings. The third-order valence-electron chi connectivity index (χ3n) is 14.3. The number of para-hydroxylation sites is 2. The van der Waals surface area contributed by atoms with Gasteiger partial charge in [-0.25, -0.2) is 0 Å². The number of rotatable bonds is 7. The minimum absolute atomic E-state index is 0.789. The van der Waals surface area contributed by atoms with Crippen molar-refractivity contribution in [3.8, 4) is 11.1 Å². The lowest BCUT2D eigenvalue weighted by Gasteiger charge is -2.26. The minimum Gasteiger partial charge on any atom is -0.456 e. The van der Waals surface area contributed by atoms with Crippen molar-refractivity contribution in [3.63, 3.8) is 0 Å². The Morgan fingerprint density at radius 2 is 0.732 bits per heavy atom. The lowest BCUT2D eigenvalue weighted by molar-refractivity contribution is 0.662. The molecular formula is C66H46N2O3. The van der Waals surface area contributed by atoms with E-state index < -0.39 is 0 Å². The fourth-order valence-electron chi connectivity index (χ4n) is 11.1.